The van der Waals surface area contributed by atoms with E-state index in [1.165, 1.54) is 57.8 Å². The zero-order valence-corrected chi connectivity index (χ0v) is 14.5. The first-order valence-electron chi connectivity index (χ1n) is 8.89. The second-order valence-corrected chi connectivity index (χ2v) is 6.04. The van der Waals surface area contributed by atoms with Crippen LogP contribution in [0.25, 0.3) is 0 Å². The Bertz CT molecular complexity index is 229. The summed E-state index contributed by atoms with van der Waals surface area (Å²) in [6, 6.07) is 0. The van der Waals surface area contributed by atoms with E-state index in [-0.39, 0.29) is 12.1 Å². The Kier molecular flexibility index (Phi) is 15.4. The molecule has 0 heterocycles. The van der Waals surface area contributed by atoms with Crippen molar-refractivity contribution in [3.05, 3.63) is 0 Å². The lowest BCUT2D eigenvalue weighted by molar-refractivity contribution is -0.150. The molecule has 1 atom stereocenters. The predicted molar refractivity (Wildman–Crippen MR) is 88.5 cm³/mol. The van der Waals surface area contributed by atoms with E-state index in [0.717, 1.165) is 12.8 Å². The van der Waals surface area contributed by atoms with Gasteiger partial charge in [-0.25, -0.2) is 0 Å². The van der Waals surface area contributed by atoms with Gasteiger partial charge in [0.15, 0.2) is 0 Å². The number of ether oxygens (including phenoxy) is 2. The summed E-state index contributed by atoms with van der Waals surface area (Å²) >= 11 is 0. The molecule has 3 nitrogen and oxygen atoms in total. The van der Waals surface area contributed by atoms with Crippen LogP contribution in [-0.2, 0) is 14.3 Å². The van der Waals surface area contributed by atoms with Crippen molar-refractivity contribution in [2.75, 3.05) is 13.7 Å². The van der Waals surface area contributed by atoms with Crippen LogP contribution in [0.2, 0.25) is 0 Å². The average molecular weight is 300 g/mol. The Labute approximate surface area is 131 Å². The maximum atomic E-state index is 11.5. The number of rotatable bonds is 15. The monoisotopic (exact) mass is 300 g/mol. The van der Waals surface area contributed by atoms with Gasteiger partial charge in [-0.3, -0.25) is 4.79 Å². The minimum absolute atomic E-state index is 0.0875. The summed E-state index contributed by atoms with van der Waals surface area (Å²) in [5.41, 5.74) is 0. The van der Waals surface area contributed by atoms with Crippen LogP contribution < -0.4 is 0 Å². The maximum Gasteiger partial charge on any atom is 0.306 e. The zero-order chi connectivity index (χ0) is 15.8. The minimum atomic E-state index is -0.129. The Morgan fingerprint density at radius 3 is 1.81 bits per heavy atom. The zero-order valence-electron chi connectivity index (χ0n) is 14.5. The first kappa shape index (κ1) is 20.4. The second-order valence-electron chi connectivity index (χ2n) is 6.04. The minimum Gasteiger partial charge on any atom is -0.460 e. The second kappa shape index (κ2) is 15.8. The van der Waals surface area contributed by atoms with Crippen LogP contribution in [0, 0.1) is 0 Å². The van der Waals surface area contributed by atoms with E-state index < -0.39 is 0 Å². The normalized spacial score (nSPS) is 12.3. The Morgan fingerprint density at radius 1 is 0.857 bits per heavy atom. The van der Waals surface area contributed by atoms with Crippen LogP contribution in [0.4, 0.5) is 0 Å². The highest BCUT2D eigenvalue weighted by Gasteiger charge is 2.08. The third kappa shape index (κ3) is 15.6. The smallest absolute Gasteiger partial charge is 0.306 e. The van der Waals surface area contributed by atoms with E-state index in [1.807, 2.05) is 6.92 Å². The fraction of sp³-hybridized carbons (Fsp3) is 0.944. The highest BCUT2D eigenvalue weighted by Crippen LogP contribution is 2.12. The lowest BCUT2D eigenvalue weighted by Crippen LogP contribution is -2.19. The molecule has 21 heavy (non-hydrogen) atoms. The molecule has 0 spiro atoms. The van der Waals surface area contributed by atoms with Gasteiger partial charge < -0.3 is 9.47 Å². The number of hydrogen-bond donors (Lipinski definition) is 0. The predicted octanol–water partition coefficient (Wildman–Crippen LogP) is 5.27. The van der Waals surface area contributed by atoms with Gasteiger partial charge in [0.2, 0.25) is 0 Å². The number of carbonyl (C=O) groups excluding carboxylic acids is 1. The van der Waals surface area contributed by atoms with Gasteiger partial charge in [-0.1, -0.05) is 71.1 Å². The Hall–Kier alpha value is -0.570. The Balaban J connectivity index is 3.19. The van der Waals surface area contributed by atoms with Crippen LogP contribution in [0.15, 0.2) is 0 Å². The SMILES string of the molecule is CCCCCCCCCCCCCC(=O)OC(C)COC. The molecule has 0 aliphatic rings. The summed E-state index contributed by atoms with van der Waals surface area (Å²) in [4.78, 5) is 11.5. The molecule has 1 unspecified atom stereocenters. The van der Waals surface area contributed by atoms with Crippen molar-refractivity contribution in [2.45, 2.75) is 97.0 Å². The molecule has 0 aromatic rings. The van der Waals surface area contributed by atoms with Crippen molar-refractivity contribution in [2.24, 2.45) is 0 Å². The fourth-order valence-electron chi connectivity index (χ4n) is 2.49. The van der Waals surface area contributed by atoms with Crippen molar-refractivity contribution < 1.29 is 14.3 Å². The van der Waals surface area contributed by atoms with E-state index in [2.05, 4.69) is 6.92 Å². The quantitative estimate of drug-likeness (QED) is 0.305. The number of methoxy groups -OCH3 is 1. The number of carbonyl (C=O) groups is 1. The molecule has 0 fully saturated rings. The van der Waals surface area contributed by atoms with Crippen LogP contribution in [0.3, 0.4) is 0 Å². The number of unbranched alkanes of at least 4 members (excludes halogenated alkanes) is 10. The molecule has 126 valence electrons. The molecule has 0 radical (unpaired) electrons. The lowest BCUT2D eigenvalue weighted by atomic mass is 10.1. The van der Waals surface area contributed by atoms with E-state index >= 15 is 0 Å². The highest BCUT2D eigenvalue weighted by atomic mass is 16.6. The molecular formula is C18H36O3. The fourth-order valence-corrected chi connectivity index (χ4v) is 2.49. The summed E-state index contributed by atoms with van der Waals surface area (Å²) in [6.45, 7) is 4.60. The molecule has 3 heteroatoms. The number of esters is 1. The summed E-state index contributed by atoms with van der Waals surface area (Å²) in [5.74, 6) is -0.0875. The third-order valence-electron chi connectivity index (χ3n) is 3.72. The molecular weight excluding hydrogens is 264 g/mol. The standard InChI is InChI=1S/C18H36O3/c1-4-5-6-7-8-9-10-11-12-13-14-15-18(19)21-17(2)16-20-3/h17H,4-16H2,1-3H3. The van der Waals surface area contributed by atoms with E-state index in [0.29, 0.717) is 13.0 Å². The number of hydrogen-bond acceptors (Lipinski definition) is 3. The molecule has 0 bridgehead atoms. The van der Waals surface area contributed by atoms with Crippen molar-refractivity contribution in [3.63, 3.8) is 0 Å². The molecule has 0 aromatic heterocycles. The first-order chi connectivity index (χ1) is 10.2. The molecule has 0 N–H and O–H groups in total. The molecule has 0 rings (SSSR count). The summed E-state index contributed by atoms with van der Waals surface area (Å²) in [6.07, 6.45) is 14.7. The van der Waals surface area contributed by atoms with Gasteiger partial charge >= 0.3 is 5.97 Å². The molecule has 0 aliphatic carbocycles. The van der Waals surface area contributed by atoms with E-state index in [9.17, 15) is 4.79 Å². The van der Waals surface area contributed by atoms with Crippen LogP contribution in [0.1, 0.15) is 90.9 Å². The molecule has 0 saturated heterocycles. The summed E-state index contributed by atoms with van der Waals surface area (Å²) in [5, 5.41) is 0. The van der Waals surface area contributed by atoms with Gasteiger partial charge in [0.1, 0.15) is 6.10 Å². The van der Waals surface area contributed by atoms with Gasteiger partial charge in [0, 0.05) is 13.5 Å². The van der Waals surface area contributed by atoms with Gasteiger partial charge in [0.25, 0.3) is 0 Å². The van der Waals surface area contributed by atoms with Crippen molar-refractivity contribution in [3.8, 4) is 0 Å². The van der Waals surface area contributed by atoms with Crippen molar-refractivity contribution >= 4 is 5.97 Å². The molecule has 0 aliphatic heterocycles. The van der Waals surface area contributed by atoms with Crippen LogP contribution in [0.5, 0.6) is 0 Å². The van der Waals surface area contributed by atoms with Gasteiger partial charge in [0.05, 0.1) is 6.61 Å². The Morgan fingerprint density at radius 2 is 1.33 bits per heavy atom. The molecule has 0 aromatic carbocycles. The van der Waals surface area contributed by atoms with Gasteiger partial charge in [-0.15, -0.1) is 0 Å². The summed E-state index contributed by atoms with van der Waals surface area (Å²) < 4.78 is 10.2. The maximum absolute atomic E-state index is 11.5. The van der Waals surface area contributed by atoms with E-state index in [4.69, 9.17) is 9.47 Å². The van der Waals surface area contributed by atoms with Crippen molar-refractivity contribution in [1.29, 1.82) is 0 Å². The van der Waals surface area contributed by atoms with Crippen molar-refractivity contribution in [1.82, 2.24) is 0 Å². The lowest BCUT2D eigenvalue weighted by Gasteiger charge is -2.11. The van der Waals surface area contributed by atoms with E-state index in [1.54, 1.807) is 7.11 Å². The molecule has 0 amide bonds. The highest BCUT2D eigenvalue weighted by molar-refractivity contribution is 5.69. The van der Waals surface area contributed by atoms with Gasteiger partial charge in [-0.05, 0) is 13.3 Å². The first-order valence-corrected chi connectivity index (χ1v) is 8.89. The average Bonchev–Trinajstić information content (AvgIpc) is 2.45. The topological polar surface area (TPSA) is 35.5 Å². The van der Waals surface area contributed by atoms with Crippen LogP contribution >= 0.6 is 0 Å². The van der Waals surface area contributed by atoms with Gasteiger partial charge in [-0.2, -0.15) is 0 Å². The largest absolute Gasteiger partial charge is 0.460 e. The van der Waals surface area contributed by atoms with Crippen LogP contribution in [-0.4, -0.2) is 25.8 Å². The molecule has 0 saturated carbocycles. The third-order valence-corrected chi connectivity index (χ3v) is 3.72. The summed E-state index contributed by atoms with van der Waals surface area (Å²) in [7, 11) is 1.62.